The van der Waals surface area contributed by atoms with Crippen LogP contribution >= 0.6 is 31.9 Å². The minimum Gasteiger partial charge on any atom is -0.493 e. The third kappa shape index (κ3) is 9.41. The molecule has 0 unspecified atom stereocenters. The standard InChI is InChI=1S/C21H30Br2FNO3/c1-5-17-20(24)18(26-13-10-19(22)23)14-16(4)21(17)27-11-8-6-7-9-12-28-25-15(2)3/h10,14H,5-9,11-13H2,1-4H3. The molecular weight excluding hydrogens is 493 g/mol. The molecule has 0 radical (unpaired) electrons. The third-order valence-electron chi connectivity index (χ3n) is 3.91. The van der Waals surface area contributed by atoms with Crippen LogP contribution in [0.4, 0.5) is 4.39 Å². The molecule has 0 atom stereocenters. The molecule has 1 aromatic rings. The lowest BCUT2D eigenvalue weighted by Gasteiger charge is -2.17. The monoisotopic (exact) mass is 521 g/mol. The van der Waals surface area contributed by atoms with Crippen LogP contribution in [0.5, 0.6) is 11.5 Å². The SMILES string of the molecule is CCc1c(F)c(OCC=C(Br)Br)cc(C)c1OCCCCCCON=C(C)C. The molecule has 0 spiro atoms. The highest BCUT2D eigenvalue weighted by molar-refractivity contribution is 9.28. The number of halogens is 3. The highest BCUT2D eigenvalue weighted by atomic mass is 79.9. The van der Waals surface area contributed by atoms with E-state index in [1.807, 2.05) is 27.7 Å². The summed E-state index contributed by atoms with van der Waals surface area (Å²) < 4.78 is 27.0. The zero-order valence-corrected chi connectivity index (χ0v) is 20.3. The van der Waals surface area contributed by atoms with Gasteiger partial charge in [-0.2, -0.15) is 0 Å². The second kappa shape index (κ2) is 14.0. The minimum absolute atomic E-state index is 0.254. The molecule has 0 N–H and O–H groups in total. The molecule has 4 nitrogen and oxygen atoms in total. The number of benzene rings is 1. The Morgan fingerprint density at radius 2 is 1.79 bits per heavy atom. The number of aryl methyl sites for hydroxylation is 1. The number of hydrogen-bond acceptors (Lipinski definition) is 4. The lowest BCUT2D eigenvalue weighted by molar-refractivity contribution is 0.139. The first-order valence-electron chi connectivity index (χ1n) is 9.58. The van der Waals surface area contributed by atoms with Crippen molar-refractivity contribution >= 4 is 37.6 Å². The predicted molar refractivity (Wildman–Crippen MR) is 121 cm³/mol. The van der Waals surface area contributed by atoms with Crippen LogP contribution in [0.25, 0.3) is 0 Å². The predicted octanol–water partition coefficient (Wildman–Crippen LogP) is 7.06. The van der Waals surface area contributed by atoms with Gasteiger partial charge >= 0.3 is 0 Å². The lowest BCUT2D eigenvalue weighted by atomic mass is 10.1. The summed E-state index contributed by atoms with van der Waals surface area (Å²) in [5.41, 5.74) is 2.38. The summed E-state index contributed by atoms with van der Waals surface area (Å²) in [6.45, 7) is 9.14. The number of rotatable bonds is 13. The van der Waals surface area contributed by atoms with Crippen molar-refractivity contribution in [2.45, 2.75) is 59.8 Å². The van der Waals surface area contributed by atoms with Crippen LogP contribution in [-0.2, 0) is 11.3 Å². The molecule has 0 heterocycles. The quantitative estimate of drug-likeness (QED) is 0.158. The maximum Gasteiger partial charge on any atom is 0.171 e. The van der Waals surface area contributed by atoms with Crippen LogP contribution in [-0.4, -0.2) is 25.5 Å². The maximum atomic E-state index is 14.8. The maximum absolute atomic E-state index is 14.8. The zero-order chi connectivity index (χ0) is 20.9. The Kier molecular flexibility index (Phi) is 12.5. The zero-order valence-electron chi connectivity index (χ0n) is 17.1. The summed E-state index contributed by atoms with van der Waals surface area (Å²) in [6.07, 6.45) is 6.30. The Balaban J connectivity index is 2.51. The molecule has 28 heavy (non-hydrogen) atoms. The van der Waals surface area contributed by atoms with Crippen molar-refractivity contribution in [1.82, 2.24) is 0 Å². The molecule has 0 saturated heterocycles. The molecule has 0 aliphatic rings. The summed E-state index contributed by atoms with van der Waals surface area (Å²) in [4.78, 5) is 5.18. The van der Waals surface area contributed by atoms with Crippen LogP contribution in [0.2, 0.25) is 0 Å². The first kappa shape index (κ1) is 25.0. The first-order chi connectivity index (χ1) is 13.4. The van der Waals surface area contributed by atoms with E-state index >= 15 is 0 Å². The van der Waals surface area contributed by atoms with Crippen LogP contribution in [0.3, 0.4) is 0 Å². The highest BCUT2D eigenvalue weighted by Crippen LogP contribution is 2.34. The molecule has 7 heteroatoms. The van der Waals surface area contributed by atoms with Gasteiger partial charge in [0.1, 0.15) is 19.0 Å². The number of hydrogen-bond donors (Lipinski definition) is 0. The fourth-order valence-electron chi connectivity index (χ4n) is 2.60. The topological polar surface area (TPSA) is 40.0 Å². The second-order valence-corrected chi connectivity index (χ2v) is 9.38. The van der Waals surface area contributed by atoms with Crippen molar-refractivity contribution in [2.24, 2.45) is 5.16 Å². The summed E-state index contributed by atoms with van der Waals surface area (Å²) in [5, 5.41) is 3.91. The summed E-state index contributed by atoms with van der Waals surface area (Å²) in [6, 6.07) is 1.70. The molecule has 1 aromatic carbocycles. The van der Waals surface area contributed by atoms with Gasteiger partial charge in [0.15, 0.2) is 11.6 Å². The van der Waals surface area contributed by atoms with Gasteiger partial charge < -0.3 is 14.3 Å². The van der Waals surface area contributed by atoms with Crippen molar-refractivity contribution in [3.05, 3.63) is 32.5 Å². The van der Waals surface area contributed by atoms with E-state index in [2.05, 4.69) is 37.0 Å². The van der Waals surface area contributed by atoms with Gasteiger partial charge in [0.05, 0.1) is 15.7 Å². The van der Waals surface area contributed by atoms with Crippen molar-refractivity contribution in [3.63, 3.8) is 0 Å². The minimum atomic E-state index is -0.342. The van der Waals surface area contributed by atoms with Crippen molar-refractivity contribution < 1.29 is 18.7 Å². The Hall–Kier alpha value is -1.08. The van der Waals surface area contributed by atoms with E-state index in [0.29, 0.717) is 30.9 Å². The van der Waals surface area contributed by atoms with E-state index in [1.165, 1.54) is 0 Å². The van der Waals surface area contributed by atoms with Crippen LogP contribution in [0.1, 0.15) is 57.6 Å². The fraction of sp³-hybridized carbons (Fsp3) is 0.571. The van der Waals surface area contributed by atoms with E-state index in [1.54, 1.807) is 12.1 Å². The third-order valence-corrected chi connectivity index (χ3v) is 4.56. The van der Waals surface area contributed by atoms with Gasteiger partial charge in [-0.05, 0) is 102 Å². The molecule has 0 aromatic heterocycles. The van der Waals surface area contributed by atoms with E-state index in [0.717, 1.165) is 40.4 Å². The second-order valence-electron chi connectivity index (χ2n) is 6.61. The Labute approximate surface area is 184 Å². The van der Waals surface area contributed by atoms with Gasteiger partial charge in [0, 0.05) is 5.56 Å². The van der Waals surface area contributed by atoms with E-state index < -0.39 is 0 Å². The van der Waals surface area contributed by atoms with Crippen LogP contribution in [0.15, 0.2) is 20.7 Å². The number of oxime groups is 1. The van der Waals surface area contributed by atoms with E-state index in [4.69, 9.17) is 14.3 Å². The number of unbranched alkanes of at least 4 members (excludes halogenated alkanes) is 3. The molecule has 0 amide bonds. The Morgan fingerprint density at radius 3 is 2.39 bits per heavy atom. The Morgan fingerprint density at radius 1 is 1.11 bits per heavy atom. The fourth-order valence-corrected chi connectivity index (χ4v) is 2.86. The average Bonchev–Trinajstić information content (AvgIpc) is 2.63. The highest BCUT2D eigenvalue weighted by Gasteiger charge is 2.17. The van der Waals surface area contributed by atoms with Crippen molar-refractivity contribution in [3.8, 4) is 11.5 Å². The van der Waals surface area contributed by atoms with Gasteiger partial charge in [-0.15, -0.1) is 0 Å². The molecular formula is C21H30Br2FNO3. The molecule has 0 fully saturated rings. The Bertz CT molecular complexity index is 670. The molecule has 1 rings (SSSR count). The lowest BCUT2D eigenvalue weighted by Crippen LogP contribution is -2.06. The smallest absolute Gasteiger partial charge is 0.171 e. The van der Waals surface area contributed by atoms with Crippen LogP contribution < -0.4 is 9.47 Å². The summed E-state index contributed by atoms with van der Waals surface area (Å²) in [7, 11) is 0. The van der Waals surface area contributed by atoms with Gasteiger partial charge in [-0.1, -0.05) is 12.1 Å². The van der Waals surface area contributed by atoms with E-state index in [9.17, 15) is 4.39 Å². The molecule has 0 aliphatic carbocycles. The number of nitrogens with zero attached hydrogens (tertiary/aromatic N) is 1. The molecule has 0 bridgehead atoms. The van der Waals surface area contributed by atoms with Gasteiger partial charge in [-0.3, -0.25) is 0 Å². The largest absolute Gasteiger partial charge is 0.493 e. The van der Waals surface area contributed by atoms with Crippen molar-refractivity contribution in [1.29, 1.82) is 0 Å². The normalized spacial score (nSPS) is 10.4. The number of ether oxygens (including phenoxy) is 2. The molecule has 0 saturated carbocycles. The average molecular weight is 523 g/mol. The van der Waals surface area contributed by atoms with E-state index in [-0.39, 0.29) is 18.2 Å². The molecule has 158 valence electrons. The van der Waals surface area contributed by atoms with Gasteiger partial charge in [0.2, 0.25) is 0 Å². The van der Waals surface area contributed by atoms with Gasteiger partial charge in [0.25, 0.3) is 0 Å². The summed E-state index contributed by atoms with van der Waals surface area (Å²) >= 11 is 6.51. The van der Waals surface area contributed by atoms with Crippen molar-refractivity contribution in [2.75, 3.05) is 19.8 Å². The first-order valence-corrected chi connectivity index (χ1v) is 11.2. The van der Waals surface area contributed by atoms with Gasteiger partial charge in [-0.25, -0.2) is 4.39 Å². The molecule has 0 aliphatic heterocycles. The van der Waals surface area contributed by atoms with Crippen LogP contribution in [0, 0.1) is 12.7 Å². The summed E-state index contributed by atoms with van der Waals surface area (Å²) in [5.74, 6) is 0.552.